The van der Waals surface area contributed by atoms with E-state index >= 15 is 0 Å². The number of aryl methyl sites for hydroxylation is 1. The van der Waals surface area contributed by atoms with E-state index in [1.165, 1.54) is 18.2 Å². The average Bonchev–Trinajstić information content (AvgIpc) is 2.23. The van der Waals surface area contributed by atoms with Crippen molar-refractivity contribution in [1.29, 1.82) is 5.26 Å². The van der Waals surface area contributed by atoms with Crippen LogP contribution in [0.1, 0.15) is 18.9 Å². The van der Waals surface area contributed by atoms with E-state index in [4.69, 9.17) is 5.26 Å². The molecule has 1 aromatic rings. The van der Waals surface area contributed by atoms with Crippen LogP contribution >= 0.6 is 0 Å². The molecule has 17 heavy (non-hydrogen) atoms. The van der Waals surface area contributed by atoms with E-state index in [2.05, 4.69) is 4.72 Å². The fraction of sp³-hybridized carbons (Fsp3) is 0.364. The molecule has 0 saturated heterocycles. The maximum absolute atomic E-state index is 11.8. The Kier molecular flexibility index (Phi) is 3.97. The predicted molar refractivity (Wildman–Crippen MR) is 65.1 cm³/mol. The van der Waals surface area contributed by atoms with Gasteiger partial charge in [0.1, 0.15) is 5.75 Å². The van der Waals surface area contributed by atoms with Gasteiger partial charge in [-0.15, -0.1) is 0 Å². The number of aromatic hydroxyl groups is 1. The highest BCUT2D eigenvalue weighted by Crippen LogP contribution is 2.22. The van der Waals surface area contributed by atoms with Crippen molar-refractivity contribution in [1.82, 2.24) is 0 Å². The Balaban J connectivity index is 3.03. The van der Waals surface area contributed by atoms with Crippen LogP contribution in [0.5, 0.6) is 5.75 Å². The summed E-state index contributed by atoms with van der Waals surface area (Å²) in [4.78, 5) is 0. The topological polar surface area (TPSA) is 90.2 Å². The minimum atomic E-state index is -3.70. The normalized spacial score (nSPS) is 12.8. The van der Waals surface area contributed by atoms with Gasteiger partial charge in [-0.25, -0.2) is 8.42 Å². The molecule has 0 aliphatic rings. The van der Waals surface area contributed by atoms with Crippen molar-refractivity contribution in [2.24, 2.45) is 0 Å². The molecule has 92 valence electrons. The standard InChI is InChI=1S/C11H14N2O3S/c1-3-10(7-12)17(15,16)13-11-5-4-9(14)6-8(11)2/h4-6,10,13-14H,3H2,1-2H3. The van der Waals surface area contributed by atoms with E-state index in [-0.39, 0.29) is 12.2 Å². The average molecular weight is 254 g/mol. The summed E-state index contributed by atoms with van der Waals surface area (Å²) >= 11 is 0. The van der Waals surface area contributed by atoms with Crippen LogP contribution in [0.4, 0.5) is 5.69 Å². The number of phenolic OH excluding ortho intramolecular Hbond substituents is 1. The first kappa shape index (κ1) is 13.3. The zero-order valence-corrected chi connectivity index (χ0v) is 10.5. The Morgan fingerprint density at radius 3 is 2.65 bits per heavy atom. The van der Waals surface area contributed by atoms with E-state index < -0.39 is 15.3 Å². The van der Waals surface area contributed by atoms with Gasteiger partial charge >= 0.3 is 0 Å². The number of phenols is 1. The number of hydrogen-bond acceptors (Lipinski definition) is 4. The largest absolute Gasteiger partial charge is 0.508 e. The fourth-order valence-corrected chi connectivity index (χ4v) is 2.62. The van der Waals surface area contributed by atoms with Gasteiger partial charge in [-0.2, -0.15) is 5.26 Å². The summed E-state index contributed by atoms with van der Waals surface area (Å²) in [7, 11) is -3.70. The van der Waals surface area contributed by atoms with Gasteiger partial charge in [-0.3, -0.25) is 4.72 Å². The lowest BCUT2D eigenvalue weighted by atomic mass is 10.2. The number of nitrogens with one attached hydrogen (secondary N) is 1. The third kappa shape index (κ3) is 3.11. The van der Waals surface area contributed by atoms with Crippen molar-refractivity contribution in [3.63, 3.8) is 0 Å². The van der Waals surface area contributed by atoms with Gasteiger partial charge in [0.25, 0.3) is 0 Å². The molecule has 0 fully saturated rings. The molecule has 6 heteroatoms. The van der Waals surface area contributed by atoms with Crippen molar-refractivity contribution in [2.75, 3.05) is 4.72 Å². The summed E-state index contributed by atoms with van der Waals surface area (Å²) in [5, 5.41) is 16.9. The molecule has 1 aromatic carbocycles. The van der Waals surface area contributed by atoms with Crippen molar-refractivity contribution in [3.05, 3.63) is 23.8 Å². The number of benzene rings is 1. The van der Waals surface area contributed by atoms with Crippen LogP contribution in [-0.2, 0) is 10.0 Å². The zero-order valence-electron chi connectivity index (χ0n) is 9.64. The summed E-state index contributed by atoms with van der Waals surface area (Å²) in [5.41, 5.74) is 0.970. The highest BCUT2D eigenvalue weighted by atomic mass is 32.2. The second kappa shape index (κ2) is 5.06. The number of rotatable bonds is 4. The van der Waals surface area contributed by atoms with E-state index in [1.54, 1.807) is 19.9 Å². The first-order valence-electron chi connectivity index (χ1n) is 5.11. The van der Waals surface area contributed by atoms with E-state index in [1.807, 2.05) is 0 Å². The maximum atomic E-state index is 11.8. The van der Waals surface area contributed by atoms with Gasteiger partial charge in [0, 0.05) is 0 Å². The van der Waals surface area contributed by atoms with Gasteiger partial charge in [0.2, 0.25) is 10.0 Å². The smallest absolute Gasteiger partial charge is 0.249 e. The quantitative estimate of drug-likeness (QED) is 0.801. The van der Waals surface area contributed by atoms with Crippen molar-refractivity contribution in [3.8, 4) is 11.8 Å². The molecule has 2 N–H and O–H groups in total. The van der Waals surface area contributed by atoms with Gasteiger partial charge in [0.15, 0.2) is 5.25 Å². The Bertz CT molecular complexity index is 546. The maximum Gasteiger partial charge on any atom is 0.249 e. The van der Waals surface area contributed by atoms with Crippen LogP contribution in [0.2, 0.25) is 0 Å². The molecule has 1 unspecified atom stereocenters. The van der Waals surface area contributed by atoms with Gasteiger partial charge in [-0.05, 0) is 37.1 Å². The Morgan fingerprint density at radius 1 is 1.53 bits per heavy atom. The number of nitriles is 1. The molecule has 0 aliphatic carbocycles. The monoisotopic (exact) mass is 254 g/mol. The van der Waals surface area contributed by atoms with Crippen LogP contribution in [0, 0.1) is 18.3 Å². The molecule has 0 heterocycles. The molecule has 0 amide bonds. The highest BCUT2D eigenvalue weighted by molar-refractivity contribution is 7.93. The zero-order chi connectivity index (χ0) is 13.1. The lowest BCUT2D eigenvalue weighted by Crippen LogP contribution is -2.26. The molecule has 0 radical (unpaired) electrons. The third-order valence-electron chi connectivity index (χ3n) is 2.35. The summed E-state index contributed by atoms with van der Waals surface area (Å²) < 4.78 is 26.0. The Hall–Kier alpha value is -1.74. The second-order valence-corrected chi connectivity index (χ2v) is 5.54. The Morgan fingerprint density at radius 2 is 2.18 bits per heavy atom. The SMILES string of the molecule is CCC(C#N)S(=O)(=O)Nc1ccc(O)cc1C. The fourth-order valence-electron chi connectivity index (χ4n) is 1.37. The van der Waals surface area contributed by atoms with Crippen LogP contribution in [0.3, 0.4) is 0 Å². The van der Waals surface area contributed by atoms with Crippen LogP contribution in [0.15, 0.2) is 18.2 Å². The number of hydrogen-bond donors (Lipinski definition) is 2. The summed E-state index contributed by atoms with van der Waals surface area (Å²) in [6.45, 7) is 3.31. The molecule has 1 atom stereocenters. The van der Waals surface area contributed by atoms with E-state index in [0.29, 0.717) is 11.3 Å². The first-order chi connectivity index (χ1) is 7.90. The van der Waals surface area contributed by atoms with Crippen LogP contribution in [-0.4, -0.2) is 18.8 Å². The molecule has 0 saturated carbocycles. The number of anilines is 1. The molecule has 5 nitrogen and oxygen atoms in total. The van der Waals surface area contributed by atoms with Crippen molar-refractivity contribution < 1.29 is 13.5 Å². The molecule has 0 spiro atoms. The van der Waals surface area contributed by atoms with Gasteiger partial charge < -0.3 is 5.11 Å². The minimum Gasteiger partial charge on any atom is -0.508 e. The lowest BCUT2D eigenvalue weighted by molar-refractivity contribution is 0.475. The molecule has 0 aliphatic heterocycles. The Labute approximate surface area is 101 Å². The van der Waals surface area contributed by atoms with Crippen LogP contribution < -0.4 is 4.72 Å². The second-order valence-electron chi connectivity index (χ2n) is 3.67. The predicted octanol–water partition coefficient (Wildman–Crippen LogP) is 1.74. The van der Waals surface area contributed by atoms with Crippen molar-refractivity contribution in [2.45, 2.75) is 25.5 Å². The first-order valence-corrected chi connectivity index (χ1v) is 6.66. The summed E-state index contributed by atoms with van der Waals surface area (Å²) in [6, 6.07) is 6.04. The van der Waals surface area contributed by atoms with Crippen molar-refractivity contribution >= 4 is 15.7 Å². The van der Waals surface area contributed by atoms with E-state index in [0.717, 1.165) is 0 Å². The number of nitrogens with zero attached hydrogens (tertiary/aromatic N) is 1. The third-order valence-corrected chi connectivity index (χ3v) is 4.04. The van der Waals surface area contributed by atoms with Gasteiger partial charge in [-0.1, -0.05) is 6.92 Å². The highest BCUT2D eigenvalue weighted by Gasteiger charge is 2.23. The van der Waals surface area contributed by atoms with E-state index in [9.17, 15) is 13.5 Å². The molecule has 0 aromatic heterocycles. The lowest BCUT2D eigenvalue weighted by Gasteiger charge is -2.13. The molecular formula is C11H14N2O3S. The van der Waals surface area contributed by atoms with Crippen LogP contribution in [0.25, 0.3) is 0 Å². The molecule has 1 rings (SSSR count). The summed E-state index contributed by atoms with van der Waals surface area (Å²) in [5.74, 6) is 0.0674. The molecular weight excluding hydrogens is 240 g/mol. The minimum absolute atomic E-state index is 0.0674. The van der Waals surface area contributed by atoms with Gasteiger partial charge in [0.05, 0.1) is 11.8 Å². The summed E-state index contributed by atoms with van der Waals surface area (Å²) in [6.07, 6.45) is 0.225. The molecule has 0 bridgehead atoms. The number of sulfonamides is 1.